The molecule has 3 amide bonds. The Hall–Kier alpha value is -1.69. The molecule has 1 aromatic rings. The van der Waals surface area contributed by atoms with E-state index in [9.17, 15) is 14.4 Å². The maximum Gasteiger partial charge on any atom is 0.249 e. The molecule has 1 aromatic heterocycles. The number of piperazine rings is 1. The van der Waals surface area contributed by atoms with Gasteiger partial charge in [-0.2, -0.15) is 11.3 Å². The molecule has 6 heteroatoms. The number of hydrogen-bond donors (Lipinski definition) is 1. The van der Waals surface area contributed by atoms with Crippen molar-refractivity contribution in [2.45, 2.75) is 25.8 Å². The van der Waals surface area contributed by atoms with Crippen molar-refractivity contribution in [3.63, 3.8) is 0 Å². The highest BCUT2D eigenvalue weighted by Crippen LogP contribution is 2.13. The van der Waals surface area contributed by atoms with Crippen LogP contribution in [0.15, 0.2) is 16.8 Å². The van der Waals surface area contributed by atoms with Gasteiger partial charge in [-0.15, -0.1) is 0 Å². The number of hydrogen-bond acceptors (Lipinski definition) is 4. The van der Waals surface area contributed by atoms with Crippen LogP contribution in [0.3, 0.4) is 0 Å². The van der Waals surface area contributed by atoms with Gasteiger partial charge in [-0.05, 0) is 28.8 Å². The lowest BCUT2D eigenvalue weighted by molar-refractivity contribution is -0.149. The molecule has 0 spiro atoms. The Morgan fingerprint density at radius 1 is 1.56 bits per heavy atom. The molecule has 0 radical (unpaired) electrons. The summed E-state index contributed by atoms with van der Waals surface area (Å²) >= 11 is 1.52. The summed E-state index contributed by atoms with van der Waals surface area (Å²) in [5.41, 5.74) is 0.915. The number of imide groups is 1. The maximum absolute atomic E-state index is 12.1. The highest BCUT2D eigenvalue weighted by atomic mass is 32.1. The average molecular weight is 266 g/mol. The van der Waals surface area contributed by atoms with E-state index in [1.807, 2.05) is 23.8 Å². The number of rotatable bonds is 3. The second-order valence-corrected chi connectivity index (χ2v) is 4.95. The largest absolute Gasteiger partial charge is 0.321 e. The Morgan fingerprint density at radius 2 is 2.33 bits per heavy atom. The minimum Gasteiger partial charge on any atom is -0.321 e. The smallest absolute Gasteiger partial charge is 0.249 e. The molecule has 1 unspecified atom stereocenters. The van der Waals surface area contributed by atoms with Crippen LogP contribution in [-0.4, -0.2) is 35.2 Å². The first-order valence-corrected chi connectivity index (χ1v) is 6.70. The van der Waals surface area contributed by atoms with Gasteiger partial charge < -0.3 is 4.90 Å². The molecule has 0 aromatic carbocycles. The normalized spacial score (nSPS) is 19.8. The molecule has 1 atom stereocenters. The fourth-order valence-electron chi connectivity index (χ4n) is 2.00. The summed E-state index contributed by atoms with van der Waals surface area (Å²) in [7, 11) is 0. The van der Waals surface area contributed by atoms with Crippen LogP contribution in [0.5, 0.6) is 0 Å². The summed E-state index contributed by atoms with van der Waals surface area (Å²) in [6.07, 6.45) is 0.745. The zero-order chi connectivity index (χ0) is 13.1. The van der Waals surface area contributed by atoms with Crippen LogP contribution in [-0.2, 0) is 20.8 Å². The van der Waals surface area contributed by atoms with Crippen LogP contribution in [0.4, 0.5) is 0 Å². The molecule has 1 saturated heterocycles. The van der Waals surface area contributed by atoms with Crippen molar-refractivity contribution in [3.05, 3.63) is 22.4 Å². The van der Waals surface area contributed by atoms with Crippen LogP contribution >= 0.6 is 11.3 Å². The van der Waals surface area contributed by atoms with Crippen molar-refractivity contribution in [2.75, 3.05) is 6.54 Å². The van der Waals surface area contributed by atoms with Crippen molar-refractivity contribution < 1.29 is 14.4 Å². The van der Waals surface area contributed by atoms with E-state index in [1.54, 1.807) is 0 Å². The quantitative estimate of drug-likeness (QED) is 0.813. The first-order chi connectivity index (χ1) is 8.61. The minimum absolute atomic E-state index is 0.0345. The standard InChI is InChI=1S/C12H14N2O3S/c1-2-9-12(17)13-10(15)6-14(9)11(16)5-8-3-4-18-7-8/h3-4,7,9H,2,5-6H2,1H3,(H,13,15,17). The zero-order valence-corrected chi connectivity index (χ0v) is 10.8. The first kappa shape index (κ1) is 12.8. The van der Waals surface area contributed by atoms with Gasteiger partial charge >= 0.3 is 0 Å². The lowest BCUT2D eigenvalue weighted by atomic mass is 10.1. The Labute approximate surface area is 109 Å². The van der Waals surface area contributed by atoms with Crippen LogP contribution in [0.25, 0.3) is 0 Å². The molecule has 0 saturated carbocycles. The Kier molecular flexibility index (Phi) is 3.76. The SMILES string of the molecule is CCC1C(=O)NC(=O)CN1C(=O)Cc1ccsc1. The third-order valence-electron chi connectivity index (χ3n) is 2.90. The summed E-state index contributed by atoms with van der Waals surface area (Å²) < 4.78 is 0. The maximum atomic E-state index is 12.1. The highest BCUT2D eigenvalue weighted by Gasteiger charge is 2.35. The van der Waals surface area contributed by atoms with E-state index >= 15 is 0 Å². The molecule has 5 nitrogen and oxygen atoms in total. The molecular formula is C12H14N2O3S. The lowest BCUT2D eigenvalue weighted by Gasteiger charge is -2.33. The number of carbonyl (C=O) groups is 3. The van der Waals surface area contributed by atoms with Crippen molar-refractivity contribution in [1.82, 2.24) is 10.2 Å². The average Bonchev–Trinajstić information content (AvgIpc) is 2.80. The van der Waals surface area contributed by atoms with Gasteiger partial charge in [0.15, 0.2) is 0 Å². The summed E-state index contributed by atoms with van der Waals surface area (Å²) in [6.45, 7) is 1.79. The van der Waals surface area contributed by atoms with Crippen LogP contribution < -0.4 is 5.32 Å². The third-order valence-corrected chi connectivity index (χ3v) is 3.63. The summed E-state index contributed by atoms with van der Waals surface area (Å²) in [6, 6.07) is 1.34. The van der Waals surface area contributed by atoms with Gasteiger partial charge in [-0.3, -0.25) is 19.7 Å². The molecule has 0 aliphatic carbocycles. The second-order valence-electron chi connectivity index (χ2n) is 4.17. The molecule has 18 heavy (non-hydrogen) atoms. The van der Waals surface area contributed by atoms with Crippen molar-refractivity contribution >= 4 is 29.1 Å². The van der Waals surface area contributed by atoms with Gasteiger partial charge in [0.25, 0.3) is 0 Å². The Balaban J connectivity index is 2.11. The first-order valence-electron chi connectivity index (χ1n) is 5.76. The molecule has 2 rings (SSSR count). The number of amides is 3. The fourth-order valence-corrected chi connectivity index (χ4v) is 2.67. The van der Waals surface area contributed by atoms with Gasteiger partial charge in [-0.25, -0.2) is 0 Å². The van der Waals surface area contributed by atoms with Crippen LogP contribution in [0.2, 0.25) is 0 Å². The van der Waals surface area contributed by atoms with Gasteiger partial charge in [0, 0.05) is 0 Å². The Morgan fingerprint density at radius 3 is 2.94 bits per heavy atom. The van der Waals surface area contributed by atoms with Gasteiger partial charge in [0.2, 0.25) is 17.7 Å². The lowest BCUT2D eigenvalue weighted by Crippen LogP contribution is -2.59. The molecule has 1 aliphatic rings. The molecule has 0 bridgehead atoms. The van der Waals surface area contributed by atoms with E-state index in [4.69, 9.17) is 0 Å². The van der Waals surface area contributed by atoms with Crippen molar-refractivity contribution in [3.8, 4) is 0 Å². The second kappa shape index (κ2) is 5.30. The molecule has 2 heterocycles. The molecule has 1 aliphatic heterocycles. The van der Waals surface area contributed by atoms with Crippen molar-refractivity contribution in [1.29, 1.82) is 0 Å². The molecule has 1 fully saturated rings. The molecule has 96 valence electrons. The van der Waals surface area contributed by atoms with E-state index in [0.717, 1.165) is 5.56 Å². The predicted octanol–water partition coefficient (Wildman–Crippen LogP) is 0.554. The van der Waals surface area contributed by atoms with Crippen molar-refractivity contribution in [2.24, 2.45) is 0 Å². The van der Waals surface area contributed by atoms with E-state index < -0.39 is 11.9 Å². The summed E-state index contributed by atoms with van der Waals surface area (Å²) in [4.78, 5) is 36.5. The number of nitrogens with zero attached hydrogens (tertiary/aromatic N) is 1. The van der Waals surface area contributed by atoms with Gasteiger partial charge in [-0.1, -0.05) is 6.92 Å². The van der Waals surface area contributed by atoms with Crippen LogP contribution in [0, 0.1) is 0 Å². The summed E-state index contributed by atoms with van der Waals surface area (Å²) in [5.74, 6) is -0.973. The summed E-state index contributed by atoms with van der Waals surface area (Å²) in [5, 5.41) is 6.04. The van der Waals surface area contributed by atoms with E-state index in [1.165, 1.54) is 16.2 Å². The Bertz CT molecular complexity index is 470. The third kappa shape index (κ3) is 2.59. The topological polar surface area (TPSA) is 66.5 Å². The number of carbonyl (C=O) groups excluding carboxylic acids is 3. The van der Waals surface area contributed by atoms with Crippen LogP contribution in [0.1, 0.15) is 18.9 Å². The monoisotopic (exact) mass is 266 g/mol. The van der Waals surface area contributed by atoms with Gasteiger partial charge in [0.1, 0.15) is 12.6 Å². The molecule has 1 N–H and O–H groups in total. The van der Waals surface area contributed by atoms with E-state index in [0.29, 0.717) is 6.42 Å². The van der Waals surface area contributed by atoms with Gasteiger partial charge in [0.05, 0.1) is 6.42 Å². The number of thiophene rings is 1. The minimum atomic E-state index is -0.533. The fraction of sp³-hybridized carbons (Fsp3) is 0.417. The van der Waals surface area contributed by atoms with E-state index in [-0.39, 0.29) is 24.8 Å². The highest BCUT2D eigenvalue weighted by molar-refractivity contribution is 7.08. The van der Waals surface area contributed by atoms with E-state index in [2.05, 4.69) is 5.32 Å². The molecular weight excluding hydrogens is 252 g/mol. The number of nitrogens with one attached hydrogen (secondary N) is 1. The predicted molar refractivity (Wildman–Crippen MR) is 67.0 cm³/mol. The zero-order valence-electron chi connectivity index (χ0n) is 10.0.